The topological polar surface area (TPSA) is 37.4 Å². The van der Waals surface area contributed by atoms with Gasteiger partial charge in [-0.1, -0.05) is 13.8 Å². The Morgan fingerprint density at radius 2 is 1.88 bits per heavy atom. The van der Waals surface area contributed by atoms with E-state index in [1.165, 1.54) is 15.7 Å². The molecule has 1 aromatic rings. The lowest BCUT2D eigenvalue weighted by molar-refractivity contribution is 0.507. The third kappa shape index (κ3) is 1.81. The third-order valence-electron chi connectivity index (χ3n) is 2.36. The quantitative estimate of drug-likeness (QED) is 0.778. The molecule has 0 aliphatic carbocycles. The lowest BCUT2D eigenvalue weighted by Gasteiger charge is -2.17. The second kappa shape index (κ2) is 4.01. The van der Waals surface area contributed by atoms with Crippen LogP contribution in [0.3, 0.4) is 0 Å². The van der Waals surface area contributed by atoms with Crippen molar-refractivity contribution in [1.82, 2.24) is 3.71 Å². The molecule has 0 bridgehead atoms. The van der Waals surface area contributed by atoms with Crippen molar-refractivity contribution >= 4 is 33.3 Å². The maximum Gasteiger partial charge on any atom is 0.254 e. The molecule has 0 fully saturated rings. The highest BCUT2D eigenvalue weighted by molar-refractivity contribution is 8.12. The Kier molecular flexibility index (Phi) is 3.11. The van der Waals surface area contributed by atoms with Crippen molar-refractivity contribution in [2.24, 2.45) is 0 Å². The summed E-state index contributed by atoms with van der Waals surface area (Å²) in [7, 11) is -3.25. The summed E-state index contributed by atoms with van der Waals surface area (Å²) in [5.74, 6) is 0.388. The average molecular weight is 277 g/mol. The van der Waals surface area contributed by atoms with Crippen molar-refractivity contribution < 1.29 is 8.42 Å². The molecule has 0 N–H and O–H groups in total. The molecule has 0 amide bonds. The zero-order valence-electron chi connectivity index (χ0n) is 9.72. The van der Waals surface area contributed by atoms with E-state index in [4.69, 9.17) is 0 Å². The highest BCUT2D eigenvalue weighted by Crippen LogP contribution is 2.48. The van der Waals surface area contributed by atoms with Gasteiger partial charge in [0.15, 0.2) is 0 Å². The summed E-state index contributed by atoms with van der Waals surface area (Å²) in [6.07, 6.45) is 0. The van der Waals surface area contributed by atoms with Crippen LogP contribution < -0.4 is 0 Å². The first kappa shape index (κ1) is 12.4. The van der Waals surface area contributed by atoms with Gasteiger partial charge in [-0.05, 0) is 37.8 Å². The number of fused-ring (bicyclic) bond motifs is 1. The number of rotatable bonds is 2. The first-order chi connectivity index (χ1) is 7.34. The van der Waals surface area contributed by atoms with Gasteiger partial charge in [-0.15, -0.1) is 15.0 Å². The van der Waals surface area contributed by atoms with E-state index in [2.05, 4.69) is 13.8 Å². The zero-order chi connectivity index (χ0) is 12.1. The Labute approximate surface area is 105 Å². The van der Waals surface area contributed by atoms with Crippen LogP contribution in [-0.4, -0.2) is 18.2 Å². The van der Waals surface area contributed by atoms with E-state index in [0.29, 0.717) is 10.8 Å². The van der Waals surface area contributed by atoms with E-state index in [0.717, 1.165) is 9.09 Å². The smallest absolute Gasteiger partial charge is 0.206 e. The second-order valence-electron chi connectivity index (χ2n) is 4.40. The molecule has 0 unspecified atom stereocenters. The highest BCUT2D eigenvalue weighted by atomic mass is 32.3. The Hall–Kier alpha value is -0.0400. The minimum atomic E-state index is -3.25. The molecule has 16 heavy (non-hydrogen) atoms. The SMILES string of the molecule is CC(C)c1cc2c(s1)SN(C(C)C)S2(=O)=O. The highest BCUT2D eigenvalue weighted by Gasteiger charge is 2.39. The molecule has 6 heteroatoms. The Bertz CT molecular complexity index is 502. The summed E-state index contributed by atoms with van der Waals surface area (Å²) in [5.41, 5.74) is 0. The fourth-order valence-electron chi connectivity index (χ4n) is 1.51. The van der Waals surface area contributed by atoms with Gasteiger partial charge in [0.2, 0.25) is 0 Å². The molecule has 1 aliphatic rings. The Morgan fingerprint density at radius 3 is 2.31 bits per heavy atom. The lowest BCUT2D eigenvalue weighted by atomic mass is 10.2. The number of sulfonamides is 1. The average Bonchev–Trinajstić information content (AvgIpc) is 2.65. The van der Waals surface area contributed by atoms with E-state index in [1.54, 1.807) is 11.3 Å². The summed E-state index contributed by atoms with van der Waals surface area (Å²) < 4.78 is 26.7. The predicted molar refractivity (Wildman–Crippen MR) is 68.4 cm³/mol. The molecule has 2 rings (SSSR count). The van der Waals surface area contributed by atoms with Gasteiger partial charge in [0.25, 0.3) is 10.0 Å². The summed E-state index contributed by atoms with van der Waals surface area (Å²) >= 11 is 2.95. The van der Waals surface area contributed by atoms with E-state index in [-0.39, 0.29) is 6.04 Å². The van der Waals surface area contributed by atoms with Crippen LogP contribution in [-0.2, 0) is 10.0 Å². The van der Waals surface area contributed by atoms with Crippen LogP contribution in [0.15, 0.2) is 15.2 Å². The Balaban J connectivity index is 2.47. The maximum atomic E-state index is 12.2. The minimum absolute atomic E-state index is 0.00269. The molecule has 3 nitrogen and oxygen atoms in total. The van der Waals surface area contributed by atoms with Crippen LogP contribution in [0.5, 0.6) is 0 Å². The first-order valence-corrected chi connectivity index (χ1v) is 8.23. The normalized spacial score (nSPS) is 19.6. The van der Waals surface area contributed by atoms with E-state index in [9.17, 15) is 8.42 Å². The number of hydrogen-bond acceptors (Lipinski definition) is 4. The van der Waals surface area contributed by atoms with Gasteiger partial charge in [-0.25, -0.2) is 8.42 Å². The van der Waals surface area contributed by atoms with E-state index < -0.39 is 10.0 Å². The molecule has 0 saturated carbocycles. The second-order valence-corrected chi connectivity index (χ2v) is 8.74. The predicted octanol–water partition coefficient (Wildman–Crippen LogP) is 3.29. The first-order valence-electron chi connectivity index (χ1n) is 5.20. The molecule has 0 spiro atoms. The fourth-order valence-corrected chi connectivity index (χ4v) is 6.68. The van der Waals surface area contributed by atoms with Gasteiger partial charge in [0, 0.05) is 10.9 Å². The molecular formula is C10H15NO2S3. The van der Waals surface area contributed by atoms with Crippen molar-refractivity contribution in [2.45, 2.75) is 48.8 Å². The van der Waals surface area contributed by atoms with Gasteiger partial charge < -0.3 is 0 Å². The van der Waals surface area contributed by atoms with Crippen LogP contribution in [0.2, 0.25) is 0 Å². The third-order valence-corrected chi connectivity index (χ3v) is 7.90. The standard InChI is InChI=1S/C10H15NO2S3/c1-6(2)8-5-9-10(14-8)15-11(7(3)4)16(9,12)13/h5-7H,1-4H3. The van der Waals surface area contributed by atoms with Gasteiger partial charge in [0.1, 0.15) is 4.90 Å². The van der Waals surface area contributed by atoms with Crippen LogP contribution in [0.4, 0.5) is 0 Å². The van der Waals surface area contributed by atoms with Gasteiger partial charge >= 0.3 is 0 Å². The number of nitrogens with zero attached hydrogens (tertiary/aromatic N) is 1. The zero-order valence-corrected chi connectivity index (χ0v) is 12.2. The van der Waals surface area contributed by atoms with Gasteiger partial charge in [-0.3, -0.25) is 0 Å². The van der Waals surface area contributed by atoms with E-state index in [1.807, 2.05) is 19.9 Å². The summed E-state index contributed by atoms with van der Waals surface area (Å²) in [6.45, 7) is 7.95. The van der Waals surface area contributed by atoms with Crippen LogP contribution >= 0.6 is 23.3 Å². The van der Waals surface area contributed by atoms with Gasteiger partial charge in [-0.2, -0.15) is 0 Å². The summed E-state index contributed by atoms with van der Waals surface area (Å²) in [6, 6.07) is 1.83. The van der Waals surface area contributed by atoms with Gasteiger partial charge in [0.05, 0.1) is 4.21 Å². The summed E-state index contributed by atoms with van der Waals surface area (Å²) in [5, 5.41) is 0. The summed E-state index contributed by atoms with van der Waals surface area (Å²) in [4.78, 5) is 1.64. The molecular weight excluding hydrogens is 262 g/mol. The maximum absolute atomic E-state index is 12.2. The molecule has 1 aliphatic heterocycles. The van der Waals surface area contributed by atoms with Crippen LogP contribution in [0.1, 0.15) is 38.5 Å². The Morgan fingerprint density at radius 1 is 1.25 bits per heavy atom. The molecule has 1 aromatic heterocycles. The number of hydrogen-bond donors (Lipinski definition) is 0. The monoisotopic (exact) mass is 277 g/mol. The lowest BCUT2D eigenvalue weighted by Crippen LogP contribution is -2.26. The van der Waals surface area contributed by atoms with Crippen LogP contribution in [0.25, 0.3) is 0 Å². The molecule has 0 radical (unpaired) electrons. The largest absolute Gasteiger partial charge is 0.254 e. The van der Waals surface area contributed by atoms with E-state index >= 15 is 0 Å². The number of thiophene rings is 1. The van der Waals surface area contributed by atoms with Crippen molar-refractivity contribution in [3.63, 3.8) is 0 Å². The molecule has 0 aromatic carbocycles. The van der Waals surface area contributed by atoms with Crippen molar-refractivity contribution in [2.75, 3.05) is 0 Å². The fraction of sp³-hybridized carbons (Fsp3) is 0.600. The van der Waals surface area contributed by atoms with Crippen molar-refractivity contribution in [3.8, 4) is 0 Å². The molecule has 0 atom stereocenters. The minimum Gasteiger partial charge on any atom is -0.206 e. The molecule has 2 heterocycles. The van der Waals surface area contributed by atoms with Crippen molar-refractivity contribution in [3.05, 3.63) is 10.9 Å². The molecule has 0 saturated heterocycles. The van der Waals surface area contributed by atoms with Crippen molar-refractivity contribution in [1.29, 1.82) is 0 Å². The molecule has 90 valence electrons. The van der Waals surface area contributed by atoms with Crippen LogP contribution in [0, 0.1) is 0 Å².